The normalized spacial score (nSPS) is 10.2. The number of hydrogen-bond donors (Lipinski definition) is 2. The average molecular weight is 374 g/mol. The lowest BCUT2D eigenvalue weighted by Gasteiger charge is -2.09. The summed E-state index contributed by atoms with van der Waals surface area (Å²) in [4.78, 5) is 24.0. The smallest absolute Gasteiger partial charge is 0.251 e. The van der Waals surface area contributed by atoms with E-state index in [2.05, 4.69) is 10.6 Å². The first-order valence-corrected chi connectivity index (χ1v) is 9.02. The van der Waals surface area contributed by atoms with Crippen LogP contribution in [0.4, 0.5) is 0 Å². The standard InChI is InChI=1S/C23H22N2O3/c1-24-22(26)20-9-5-8-18(14-20)15-25-23(27)19-10-12-21(13-11-19)28-16-17-6-3-2-4-7-17/h2-14H,15-16H2,1H3,(H,24,26)(H,25,27). The highest BCUT2D eigenvalue weighted by Gasteiger charge is 2.07. The molecule has 3 aromatic rings. The van der Waals surface area contributed by atoms with E-state index in [9.17, 15) is 9.59 Å². The Kier molecular flexibility index (Phi) is 6.41. The average Bonchev–Trinajstić information content (AvgIpc) is 2.76. The van der Waals surface area contributed by atoms with E-state index in [1.807, 2.05) is 36.4 Å². The van der Waals surface area contributed by atoms with Crippen LogP contribution in [0.1, 0.15) is 31.8 Å². The van der Waals surface area contributed by atoms with E-state index in [1.165, 1.54) is 0 Å². The second kappa shape index (κ2) is 9.37. The fraction of sp³-hybridized carbons (Fsp3) is 0.130. The highest BCUT2D eigenvalue weighted by Crippen LogP contribution is 2.14. The Bertz CT molecular complexity index is 938. The minimum Gasteiger partial charge on any atom is -0.489 e. The van der Waals surface area contributed by atoms with E-state index in [0.717, 1.165) is 11.1 Å². The van der Waals surface area contributed by atoms with Crippen LogP contribution < -0.4 is 15.4 Å². The zero-order chi connectivity index (χ0) is 19.8. The van der Waals surface area contributed by atoms with Gasteiger partial charge in [-0.3, -0.25) is 9.59 Å². The van der Waals surface area contributed by atoms with Gasteiger partial charge in [0.1, 0.15) is 12.4 Å². The molecular formula is C23H22N2O3. The molecule has 28 heavy (non-hydrogen) atoms. The summed E-state index contributed by atoms with van der Waals surface area (Å²) in [6.07, 6.45) is 0. The van der Waals surface area contributed by atoms with Crippen LogP contribution >= 0.6 is 0 Å². The van der Waals surface area contributed by atoms with E-state index in [4.69, 9.17) is 4.74 Å². The summed E-state index contributed by atoms with van der Waals surface area (Å²) >= 11 is 0. The molecule has 0 bridgehead atoms. The number of hydrogen-bond acceptors (Lipinski definition) is 3. The quantitative estimate of drug-likeness (QED) is 0.665. The van der Waals surface area contributed by atoms with Crippen molar-refractivity contribution in [3.8, 4) is 5.75 Å². The molecular weight excluding hydrogens is 352 g/mol. The predicted molar refractivity (Wildman–Crippen MR) is 108 cm³/mol. The number of benzene rings is 3. The molecule has 5 nitrogen and oxygen atoms in total. The Balaban J connectivity index is 1.54. The van der Waals surface area contributed by atoms with Crippen molar-refractivity contribution in [1.29, 1.82) is 0 Å². The number of carbonyl (C=O) groups is 2. The van der Waals surface area contributed by atoms with Gasteiger partial charge in [-0.1, -0.05) is 42.5 Å². The van der Waals surface area contributed by atoms with E-state index >= 15 is 0 Å². The van der Waals surface area contributed by atoms with Gasteiger partial charge in [0.2, 0.25) is 0 Å². The monoisotopic (exact) mass is 374 g/mol. The molecule has 0 spiro atoms. The van der Waals surface area contributed by atoms with Gasteiger partial charge in [-0.05, 0) is 47.5 Å². The Labute approximate surface area is 164 Å². The molecule has 0 fully saturated rings. The van der Waals surface area contributed by atoms with Crippen LogP contribution in [0, 0.1) is 0 Å². The summed E-state index contributed by atoms with van der Waals surface area (Å²) < 4.78 is 5.73. The molecule has 0 unspecified atom stereocenters. The highest BCUT2D eigenvalue weighted by molar-refractivity contribution is 5.95. The van der Waals surface area contributed by atoms with Crippen molar-refractivity contribution in [3.05, 3.63) is 101 Å². The lowest BCUT2D eigenvalue weighted by atomic mass is 10.1. The zero-order valence-electron chi connectivity index (χ0n) is 15.6. The topological polar surface area (TPSA) is 67.4 Å². The summed E-state index contributed by atoms with van der Waals surface area (Å²) in [6, 6.07) is 24.1. The van der Waals surface area contributed by atoms with Crippen molar-refractivity contribution < 1.29 is 14.3 Å². The molecule has 0 saturated carbocycles. The summed E-state index contributed by atoms with van der Waals surface area (Å²) in [6.45, 7) is 0.823. The maximum absolute atomic E-state index is 12.4. The van der Waals surface area contributed by atoms with Crippen molar-refractivity contribution in [2.24, 2.45) is 0 Å². The largest absolute Gasteiger partial charge is 0.489 e. The van der Waals surface area contributed by atoms with Gasteiger partial charge in [-0.25, -0.2) is 0 Å². The first kappa shape index (κ1) is 19.2. The maximum Gasteiger partial charge on any atom is 0.251 e. The number of carbonyl (C=O) groups excluding carboxylic acids is 2. The summed E-state index contributed by atoms with van der Waals surface area (Å²) in [5, 5.41) is 5.45. The van der Waals surface area contributed by atoms with Gasteiger partial charge in [0.15, 0.2) is 0 Å². The summed E-state index contributed by atoms with van der Waals surface area (Å²) in [5.41, 5.74) is 3.06. The molecule has 142 valence electrons. The fourth-order valence-corrected chi connectivity index (χ4v) is 2.69. The molecule has 0 atom stereocenters. The number of nitrogens with one attached hydrogen (secondary N) is 2. The molecule has 0 aliphatic carbocycles. The number of ether oxygens (including phenoxy) is 1. The predicted octanol–water partition coefficient (Wildman–Crippen LogP) is 3.56. The molecule has 2 amide bonds. The second-order valence-corrected chi connectivity index (χ2v) is 6.26. The lowest BCUT2D eigenvalue weighted by molar-refractivity contribution is 0.0948. The van der Waals surface area contributed by atoms with Crippen LogP contribution in [-0.2, 0) is 13.2 Å². The SMILES string of the molecule is CNC(=O)c1cccc(CNC(=O)c2ccc(OCc3ccccc3)cc2)c1. The lowest BCUT2D eigenvalue weighted by Crippen LogP contribution is -2.23. The molecule has 0 aliphatic heterocycles. The fourth-order valence-electron chi connectivity index (χ4n) is 2.69. The second-order valence-electron chi connectivity index (χ2n) is 6.26. The molecule has 0 saturated heterocycles. The molecule has 3 rings (SSSR count). The molecule has 0 heterocycles. The van der Waals surface area contributed by atoms with Gasteiger partial charge in [0, 0.05) is 24.7 Å². The van der Waals surface area contributed by atoms with Gasteiger partial charge in [0.05, 0.1) is 0 Å². The first-order chi connectivity index (χ1) is 13.7. The molecule has 0 aromatic heterocycles. The van der Waals surface area contributed by atoms with Crippen LogP contribution in [-0.4, -0.2) is 18.9 Å². The highest BCUT2D eigenvalue weighted by atomic mass is 16.5. The third-order valence-corrected chi connectivity index (χ3v) is 4.23. The number of amides is 2. The molecule has 3 aromatic carbocycles. The zero-order valence-corrected chi connectivity index (χ0v) is 15.6. The third kappa shape index (κ3) is 5.20. The van der Waals surface area contributed by atoms with Gasteiger partial charge >= 0.3 is 0 Å². The van der Waals surface area contributed by atoms with Crippen molar-refractivity contribution in [2.45, 2.75) is 13.2 Å². The van der Waals surface area contributed by atoms with Crippen molar-refractivity contribution in [1.82, 2.24) is 10.6 Å². The van der Waals surface area contributed by atoms with Crippen LogP contribution in [0.5, 0.6) is 5.75 Å². The van der Waals surface area contributed by atoms with Crippen molar-refractivity contribution >= 4 is 11.8 Å². The Hall–Kier alpha value is -3.60. The number of rotatable bonds is 7. The van der Waals surface area contributed by atoms with Crippen LogP contribution in [0.2, 0.25) is 0 Å². The van der Waals surface area contributed by atoms with Crippen LogP contribution in [0.25, 0.3) is 0 Å². The van der Waals surface area contributed by atoms with E-state index in [1.54, 1.807) is 49.5 Å². The van der Waals surface area contributed by atoms with Gasteiger partial charge in [-0.15, -0.1) is 0 Å². The Morgan fingerprint density at radius 1 is 0.786 bits per heavy atom. The van der Waals surface area contributed by atoms with Crippen molar-refractivity contribution in [3.63, 3.8) is 0 Å². The molecule has 0 radical (unpaired) electrons. The molecule has 5 heteroatoms. The van der Waals surface area contributed by atoms with Crippen molar-refractivity contribution in [2.75, 3.05) is 7.05 Å². The summed E-state index contributed by atoms with van der Waals surface area (Å²) in [7, 11) is 1.59. The molecule has 0 aliphatic rings. The van der Waals surface area contributed by atoms with E-state index in [0.29, 0.717) is 30.0 Å². The third-order valence-electron chi connectivity index (χ3n) is 4.23. The minimum atomic E-state index is -0.181. The van der Waals surface area contributed by atoms with Crippen LogP contribution in [0.15, 0.2) is 78.9 Å². The van der Waals surface area contributed by atoms with Gasteiger partial charge in [0.25, 0.3) is 11.8 Å². The maximum atomic E-state index is 12.4. The Morgan fingerprint density at radius 2 is 1.50 bits per heavy atom. The first-order valence-electron chi connectivity index (χ1n) is 9.02. The molecule has 2 N–H and O–H groups in total. The Morgan fingerprint density at radius 3 is 2.21 bits per heavy atom. The van der Waals surface area contributed by atoms with Crippen LogP contribution in [0.3, 0.4) is 0 Å². The summed E-state index contributed by atoms with van der Waals surface area (Å²) in [5.74, 6) is 0.373. The van der Waals surface area contributed by atoms with Gasteiger partial charge in [-0.2, -0.15) is 0 Å². The van der Waals surface area contributed by atoms with Gasteiger partial charge < -0.3 is 15.4 Å². The minimum absolute atomic E-state index is 0.153. The van der Waals surface area contributed by atoms with E-state index in [-0.39, 0.29) is 11.8 Å². The van der Waals surface area contributed by atoms with E-state index < -0.39 is 0 Å².